The Balaban J connectivity index is 1.70. The number of carbonyl (C=O) groups is 2. The predicted octanol–water partition coefficient (Wildman–Crippen LogP) is 3.17. The van der Waals surface area contributed by atoms with Crippen molar-refractivity contribution in [2.24, 2.45) is 0 Å². The zero-order valence-electron chi connectivity index (χ0n) is 15.4. The van der Waals surface area contributed by atoms with Crippen molar-refractivity contribution >= 4 is 23.3 Å². The summed E-state index contributed by atoms with van der Waals surface area (Å²) in [7, 11) is 0. The average Bonchev–Trinajstić information content (AvgIpc) is 2.69. The number of hydrogen-bond donors (Lipinski definition) is 1. The SMILES string of the molecule is CCC(Oc1ccc(OCC(F)(F)F)cc1)C(=O)N1CC(=O)Nc2cccnc21. The van der Waals surface area contributed by atoms with Gasteiger partial charge in [-0.25, -0.2) is 4.98 Å². The van der Waals surface area contributed by atoms with E-state index in [9.17, 15) is 22.8 Å². The van der Waals surface area contributed by atoms with Crippen molar-refractivity contribution in [3.8, 4) is 11.5 Å². The number of halogens is 3. The second-order valence-electron chi connectivity index (χ2n) is 6.24. The summed E-state index contributed by atoms with van der Waals surface area (Å²) < 4.78 is 47.0. The Morgan fingerprint density at radius 3 is 2.59 bits per heavy atom. The molecule has 2 aromatic rings. The molecular weight excluding hydrogens is 391 g/mol. The molecule has 1 unspecified atom stereocenters. The first-order valence-corrected chi connectivity index (χ1v) is 8.79. The number of nitrogens with one attached hydrogen (secondary N) is 1. The van der Waals surface area contributed by atoms with Gasteiger partial charge in [-0.05, 0) is 42.8 Å². The van der Waals surface area contributed by atoms with Gasteiger partial charge in [-0.15, -0.1) is 0 Å². The Morgan fingerprint density at radius 1 is 1.24 bits per heavy atom. The highest BCUT2D eigenvalue weighted by Crippen LogP contribution is 2.28. The minimum absolute atomic E-state index is 0.0277. The molecule has 0 aliphatic carbocycles. The van der Waals surface area contributed by atoms with Gasteiger partial charge in [0.25, 0.3) is 5.91 Å². The van der Waals surface area contributed by atoms with Gasteiger partial charge in [0.2, 0.25) is 5.91 Å². The molecule has 0 saturated carbocycles. The lowest BCUT2D eigenvalue weighted by molar-refractivity contribution is -0.153. The van der Waals surface area contributed by atoms with Gasteiger partial charge in [-0.2, -0.15) is 13.2 Å². The number of nitrogens with zero attached hydrogens (tertiary/aromatic N) is 2. The van der Waals surface area contributed by atoms with Crippen LogP contribution in [0.4, 0.5) is 24.7 Å². The molecular formula is C19H18F3N3O4. The highest BCUT2D eigenvalue weighted by molar-refractivity contribution is 6.10. The van der Waals surface area contributed by atoms with Gasteiger partial charge in [-0.3, -0.25) is 14.5 Å². The fraction of sp³-hybridized carbons (Fsp3) is 0.316. The van der Waals surface area contributed by atoms with Gasteiger partial charge < -0.3 is 14.8 Å². The number of carbonyl (C=O) groups excluding carboxylic acids is 2. The van der Waals surface area contributed by atoms with Gasteiger partial charge >= 0.3 is 6.18 Å². The number of ether oxygens (including phenoxy) is 2. The van der Waals surface area contributed by atoms with E-state index in [-0.39, 0.29) is 24.0 Å². The Kier molecular flexibility index (Phi) is 5.90. The molecule has 1 aliphatic rings. The van der Waals surface area contributed by atoms with Crippen LogP contribution in [0.2, 0.25) is 0 Å². The summed E-state index contributed by atoms with van der Waals surface area (Å²) >= 11 is 0. The van der Waals surface area contributed by atoms with E-state index in [0.29, 0.717) is 17.9 Å². The third-order valence-corrected chi connectivity index (χ3v) is 4.03. The Bertz CT molecular complexity index is 887. The predicted molar refractivity (Wildman–Crippen MR) is 97.9 cm³/mol. The number of rotatable bonds is 6. The third-order valence-electron chi connectivity index (χ3n) is 4.03. The van der Waals surface area contributed by atoms with Gasteiger partial charge in [0, 0.05) is 6.20 Å². The van der Waals surface area contributed by atoms with E-state index in [1.54, 1.807) is 19.1 Å². The summed E-state index contributed by atoms with van der Waals surface area (Å²) in [5, 5.41) is 2.65. The average molecular weight is 409 g/mol. The number of hydrogen-bond acceptors (Lipinski definition) is 5. The molecule has 1 atom stereocenters. The van der Waals surface area contributed by atoms with E-state index in [1.807, 2.05) is 0 Å². The number of benzene rings is 1. The van der Waals surface area contributed by atoms with Crippen molar-refractivity contribution in [2.45, 2.75) is 25.6 Å². The highest BCUT2D eigenvalue weighted by atomic mass is 19.4. The van der Waals surface area contributed by atoms with E-state index in [2.05, 4.69) is 15.0 Å². The summed E-state index contributed by atoms with van der Waals surface area (Å²) in [5.41, 5.74) is 0.429. The van der Waals surface area contributed by atoms with Crippen LogP contribution in [0.3, 0.4) is 0 Å². The maximum absolute atomic E-state index is 13.0. The summed E-state index contributed by atoms with van der Waals surface area (Å²) in [6.45, 7) is 0.159. The number of fused-ring (bicyclic) bond motifs is 1. The van der Waals surface area contributed by atoms with Crippen LogP contribution in [0, 0.1) is 0 Å². The molecule has 1 aliphatic heterocycles. The molecule has 7 nitrogen and oxygen atoms in total. The van der Waals surface area contributed by atoms with Gasteiger partial charge in [0.05, 0.1) is 5.69 Å². The van der Waals surface area contributed by atoms with Crippen LogP contribution in [0.15, 0.2) is 42.6 Å². The van der Waals surface area contributed by atoms with Crippen LogP contribution in [0.1, 0.15) is 13.3 Å². The molecule has 0 bridgehead atoms. The van der Waals surface area contributed by atoms with Crippen molar-refractivity contribution in [1.29, 1.82) is 0 Å². The fourth-order valence-corrected chi connectivity index (χ4v) is 2.73. The minimum Gasteiger partial charge on any atom is -0.484 e. The van der Waals surface area contributed by atoms with Crippen LogP contribution in [-0.2, 0) is 9.59 Å². The topological polar surface area (TPSA) is 80.8 Å². The zero-order chi connectivity index (χ0) is 21.0. The Hall–Kier alpha value is -3.30. The van der Waals surface area contributed by atoms with Gasteiger partial charge in [0.1, 0.15) is 18.0 Å². The summed E-state index contributed by atoms with van der Waals surface area (Å²) in [4.78, 5) is 30.3. The molecule has 1 aromatic carbocycles. The van der Waals surface area contributed by atoms with Crippen LogP contribution >= 0.6 is 0 Å². The molecule has 2 heterocycles. The summed E-state index contributed by atoms with van der Waals surface area (Å²) in [6.07, 6.45) is -3.51. The van der Waals surface area contributed by atoms with Crippen molar-refractivity contribution in [3.63, 3.8) is 0 Å². The number of alkyl halides is 3. The normalized spacial score (nSPS) is 14.6. The monoisotopic (exact) mass is 409 g/mol. The Labute approximate surface area is 164 Å². The summed E-state index contributed by atoms with van der Waals surface area (Å²) in [6, 6.07) is 8.75. The first-order chi connectivity index (χ1) is 13.8. The van der Waals surface area contributed by atoms with E-state index < -0.39 is 24.8 Å². The quantitative estimate of drug-likeness (QED) is 0.793. The van der Waals surface area contributed by atoms with Crippen LogP contribution < -0.4 is 19.7 Å². The minimum atomic E-state index is -4.43. The molecule has 1 N–H and O–H groups in total. The molecule has 0 fully saturated rings. The maximum atomic E-state index is 13.0. The van der Waals surface area contributed by atoms with E-state index in [1.165, 1.54) is 35.4 Å². The van der Waals surface area contributed by atoms with Crippen molar-refractivity contribution in [2.75, 3.05) is 23.4 Å². The molecule has 154 valence electrons. The van der Waals surface area contributed by atoms with Crippen molar-refractivity contribution < 1.29 is 32.2 Å². The highest BCUT2D eigenvalue weighted by Gasteiger charge is 2.33. The molecule has 3 rings (SSSR count). The number of aromatic nitrogens is 1. The van der Waals surface area contributed by atoms with E-state index in [4.69, 9.17) is 4.74 Å². The fourth-order valence-electron chi connectivity index (χ4n) is 2.73. The lowest BCUT2D eigenvalue weighted by Gasteiger charge is -2.30. The number of anilines is 2. The first-order valence-electron chi connectivity index (χ1n) is 8.79. The second kappa shape index (κ2) is 8.38. The smallest absolute Gasteiger partial charge is 0.422 e. The molecule has 1 aromatic heterocycles. The van der Waals surface area contributed by atoms with Crippen LogP contribution in [0.25, 0.3) is 0 Å². The second-order valence-corrected chi connectivity index (χ2v) is 6.24. The number of pyridine rings is 1. The van der Waals surface area contributed by atoms with E-state index in [0.717, 1.165) is 0 Å². The third kappa shape index (κ3) is 5.15. The van der Waals surface area contributed by atoms with Crippen molar-refractivity contribution in [3.05, 3.63) is 42.6 Å². The number of amides is 2. The van der Waals surface area contributed by atoms with Gasteiger partial charge in [0.15, 0.2) is 18.5 Å². The Morgan fingerprint density at radius 2 is 1.93 bits per heavy atom. The molecule has 2 amide bonds. The van der Waals surface area contributed by atoms with Crippen LogP contribution in [-0.4, -0.2) is 42.2 Å². The van der Waals surface area contributed by atoms with Crippen molar-refractivity contribution in [1.82, 2.24) is 4.98 Å². The molecule has 0 radical (unpaired) electrons. The maximum Gasteiger partial charge on any atom is 0.422 e. The largest absolute Gasteiger partial charge is 0.484 e. The molecule has 29 heavy (non-hydrogen) atoms. The molecule has 0 spiro atoms. The van der Waals surface area contributed by atoms with Crippen LogP contribution in [0.5, 0.6) is 11.5 Å². The molecule has 10 heteroatoms. The standard InChI is InChI=1S/C19H18F3N3O4/c1-2-15(29-13-7-5-12(6-8-13)28-11-19(20,21)22)18(27)25-10-16(26)24-14-4-3-9-23-17(14)25/h3-9,15H,2,10-11H2,1H3,(H,24,26). The lowest BCUT2D eigenvalue weighted by atomic mass is 10.2. The zero-order valence-corrected chi connectivity index (χ0v) is 15.4. The lowest BCUT2D eigenvalue weighted by Crippen LogP contribution is -2.48. The summed E-state index contributed by atoms with van der Waals surface area (Å²) in [5.74, 6) is -0.151. The molecule has 0 saturated heterocycles. The van der Waals surface area contributed by atoms with E-state index >= 15 is 0 Å². The van der Waals surface area contributed by atoms with Gasteiger partial charge in [-0.1, -0.05) is 6.92 Å². The first kappa shape index (κ1) is 20.4.